The van der Waals surface area contributed by atoms with Gasteiger partial charge in [0.1, 0.15) is 23.8 Å². The van der Waals surface area contributed by atoms with Crippen molar-refractivity contribution in [2.24, 2.45) is 0 Å². The number of aromatic nitrogens is 2. The SMILES string of the molecule is Nc1cc(-c2c(F)ccc(Br)c2F)ncn1. The van der Waals surface area contributed by atoms with Crippen molar-refractivity contribution in [1.82, 2.24) is 9.97 Å². The Hall–Kier alpha value is -1.56. The molecule has 2 aromatic rings. The van der Waals surface area contributed by atoms with Crippen LogP contribution in [0.4, 0.5) is 14.6 Å². The van der Waals surface area contributed by atoms with E-state index >= 15 is 0 Å². The second-order valence-corrected chi connectivity index (χ2v) is 3.90. The van der Waals surface area contributed by atoms with Crippen molar-refractivity contribution in [3.63, 3.8) is 0 Å². The van der Waals surface area contributed by atoms with Crippen LogP contribution in [0.1, 0.15) is 0 Å². The van der Waals surface area contributed by atoms with E-state index in [9.17, 15) is 8.78 Å². The van der Waals surface area contributed by atoms with Crippen molar-refractivity contribution >= 4 is 21.7 Å². The molecule has 0 radical (unpaired) electrons. The van der Waals surface area contributed by atoms with Crippen LogP contribution in [0.25, 0.3) is 11.3 Å². The summed E-state index contributed by atoms with van der Waals surface area (Å²) in [5.41, 5.74) is 5.32. The molecule has 0 aliphatic rings. The van der Waals surface area contributed by atoms with Crippen LogP contribution in [-0.2, 0) is 0 Å². The lowest BCUT2D eigenvalue weighted by Gasteiger charge is -2.05. The van der Waals surface area contributed by atoms with Gasteiger partial charge in [0.05, 0.1) is 15.7 Å². The van der Waals surface area contributed by atoms with Crippen molar-refractivity contribution < 1.29 is 8.78 Å². The first-order chi connectivity index (χ1) is 7.59. The minimum atomic E-state index is -0.710. The molecule has 0 amide bonds. The van der Waals surface area contributed by atoms with Crippen molar-refractivity contribution in [2.45, 2.75) is 0 Å². The highest BCUT2D eigenvalue weighted by molar-refractivity contribution is 9.10. The average Bonchev–Trinajstić information content (AvgIpc) is 2.24. The Bertz CT molecular complexity index is 546. The van der Waals surface area contributed by atoms with E-state index < -0.39 is 11.6 Å². The van der Waals surface area contributed by atoms with Crippen molar-refractivity contribution in [3.05, 3.63) is 40.6 Å². The van der Waals surface area contributed by atoms with Gasteiger partial charge in [0, 0.05) is 6.07 Å². The Labute approximate surface area is 98.5 Å². The minimum absolute atomic E-state index is 0.115. The smallest absolute Gasteiger partial charge is 0.149 e. The number of rotatable bonds is 1. The van der Waals surface area contributed by atoms with E-state index in [-0.39, 0.29) is 21.5 Å². The first-order valence-electron chi connectivity index (χ1n) is 4.31. The zero-order valence-electron chi connectivity index (χ0n) is 7.92. The van der Waals surface area contributed by atoms with Crippen LogP contribution < -0.4 is 5.73 Å². The highest BCUT2D eigenvalue weighted by Gasteiger charge is 2.15. The first kappa shape index (κ1) is 10.9. The van der Waals surface area contributed by atoms with Crippen LogP contribution >= 0.6 is 15.9 Å². The highest BCUT2D eigenvalue weighted by Crippen LogP contribution is 2.29. The Kier molecular flexibility index (Phi) is 2.82. The van der Waals surface area contributed by atoms with E-state index in [0.29, 0.717) is 0 Å². The lowest BCUT2D eigenvalue weighted by Crippen LogP contribution is -1.97. The summed E-state index contributed by atoms with van der Waals surface area (Å²) in [6.07, 6.45) is 1.16. The summed E-state index contributed by atoms with van der Waals surface area (Å²) in [5, 5.41) is 0. The fourth-order valence-electron chi connectivity index (χ4n) is 1.27. The summed E-state index contributed by atoms with van der Waals surface area (Å²) in [5.74, 6) is -1.25. The molecular weight excluding hydrogens is 280 g/mol. The number of benzene rings is 1. The van der Waals surface area contributed by atoms with Gasteiger partial charge in [0.2, 0.25) is 0 Å². The molecule has 16 heavy (non-hydrogen) atoms. The second kappa shape index (κ2) is 4.13. The standard InChI is InChI=1S/C10H6BrF2N3/c11-5-1-2-6(12)9(10(5)13)7-3-8(14)16-4-15-7/h1-4H,(H2,14,15,16). The number of anilines is 1. The fraction of sp³-hybridized carbons (Fsp3) is 0. The quantitative estimate of drug-likeness (QED) is 0.820. The van der Waals surface area contributed by atoms with Crippen molar-refractivity contribution in [3.8, 4) is 11.3 Å². The van der Waals surface area contributed by atoms with Gasteiger partial charge in [0.25, 0.3) is 0 Å². The van der Waals surface area contributed by atoms with E-state index in [4.69, 9.17) is 5.73 Å². The summed E-state index contributed by atoms with van der Waals surface area (Å²) < 4.78 is 27.3. The minimum Gasteiger partial charge on any atom is -0.384 e. The van der Waals surface area contributed by atoms with Gasteiger partial charge in [-0.15, -0.1) is 0 Å². The molecule has 0 spiro atoms. The van der Waals surface area contributed by atoms with E-state index in [2.05, 4.69) is 25.9 Å². The van der Waals surface area contributed by atoms with E-state index in [1.54, 1.807) is 0 Å². The predicted octanol–water partition coefficient (Wildman–Crippen LogP) is 2.77. The molecule has 6 heteroatoms. The molecule has 82 valence electrons. The third-order valence-corrected chi connectivity index (χ3v) is 2.60. The molecule has 2 rings (SSSR count). The van der Waals surface area contributed by atoms with Crippen LogP contribution in [0.3, 0.4) is 0 Å². The summed E-state index contributed by atoms with van der Waals surface area (Å²) in [4.78, 5) is 7.44. The molecule has 0 saturated carbocycles. The van der Waals surface area contributed by atoms with Gasteiger partial charge in [0.15, 0.2) is 0 Å². The molecule has 3 nitrogen and oxygen atoms in total. The Balaban J connectivity index is 2.68. The number of nitrogens with two attached hydrogens (primary N) is 1. The summed E-state index contributed by atoms with van der Waals surface area (Å²) in [7, 11) is 0. The van der Waals surface area contributed by atoms with Crippen LogP contribution in [0, 0.1) is 11.6 Å². The number of hydrogen-bond donors (Lipinski definition) is 1. The normalized spacial score (nSPS) is 10.4. The van der Waals surface area contributed by atoms with Gasteiger partial charge in [-0.25, -0.2) is 18.7 Å². The molecule has 0 atom stereocenters. The summed E-state index contributed by atoms with van der Waals surface area (Å²) >= 11 is 2.98. The van der Waals surface area contributed by atoms with Gasteiger partial charge in [-0.3, -0.25) is 0 Å². The topological polar surface area (TPSA) is 51.8 Å². The van der Waals surface area contributed by atoms with Gasteiger partial charge in [-0.1, -0.05) is 0 Å². The van der Waals surface area contributed by atoms with Crippen molar-refractivity contribution in [1.29, 1.82) is 0 Å². The van der Waals surface area contributed by atoms with E-state index in [0.717, 1.165) is 12.4 Å². The second-order valence-electron chi connectivity index (χ2n) is 3.05. The largest absolute Gasteiger partial charge is 0.384 e. The molecule has 0 aliphatic heterocycles. The van der Waals surface area contributed by atoms with Gasteiger partial charge < -0.3 is 5.73 Å². The average molecular weight is 286 g/mol. The molecule has 0 fully saturated rings. The number of nitrogen functional groups attached to an aromatic ring is 1. The summed E-state index contributed by atoms with van der Waals surface area (Å²) in [6.45, 7) is 0. The van der Waals surface area contributed by atoms with Gasteiger partial charge in [-0.2, -0.15) is 0 Å². The first-order valence-corrected chi connectivity index (χ1v) is 5.10. The summed E-state index contributed by atoms with van der Waals surface area (Å²) in [6, 6.07) is 3.76. The molecule has 0 saturated heterocycles. The molecule has 0 unspecified atom stereocenters. The Morgan fingerprint density at radius 2 is 1.94 bits per heavy atom. The van der Waals surface area contributed by atoms with Gasteiger partial charge in [-0.05, 0) is 28.1 Å². The maximum atomic E-state index is 13.7. The van der Waals surface area contributed by atoms with Crippen LogP contribution in [0.15, 0.2) is 29.0 Å². The highest BCUT2D eigenvalue weighted by atomic mass is 79.9. The Morgan fingerprint density at radius 3 is 2.62 bits per heavy atom. The third kappa shape index (κ3) is 1.88. The van der Waals surface area contributed by atoms with Crippen LogP contribution in [0.2, 0.25) is 0 Å². The molecular formula is C10H6BrF2N3. The molecule has 1 aromatic heterocycles. The zero-order valence-corrected chi connectivity index (χ0v) is 9.50. The molecule has 0 aliphatic carbocycles. The maximum Gasteiger partial charge on any atom is 0.149 e. The fourth-order valence-corrected chi connectivity index (χ4v) is 1.60. The van der Waals surface area contributed by atoms with Crippen LogP contribution in [0.5, 0.6) is 0 Å². The van der Waals surface area contributed by atoms with Gasteiger partial charge >= 0.3 is 0 Å². The third-order valence-electron chi connectivity index (χ3n) is 1.99. The molecule has 2 N–H and O–H groups in total. The molecule has 1 heterocycles. The number of nitrogens with zero attached hydrogens (tertiary/aromatic N) is 2. The lowest BCUT2D eigenvalue weighted by molar-refractivity contribution is 0.584. The maximum absolute atomic E-state index is 13.7. The van der Waals surface area contributed by atoms with E-state index in [1.165, 1.54) is 12.1 Å². The number of halogens is 3. The number of hydrogen-bond acceptors (Lipinski definition) is 3. The molecule has 1 aromatic carbocycles. The lowest BCUT2D eigenvalue weighted by atomic mass is 10.1. The van der Waals surface area contributed by atoms with E-state index in [1.807, 2.05) is 0 Å². The van der Waals surface area contributed by atoms with Crippen LogP contribution in [-0.4, -0.2) is 9.97 Å². The predicted molar refractivity (Wildman–Crippen MR) is 59.5 cm³/mol. The monoisotopic (exact) mass is 285 g/mol. The molecule has 0 bridgehead atoms. The zero-order chi connectivity index (χ0) is 11.7. The van der Waals surface area contributed by atoms with Crippen molar-refractivity contribution in [2.75, 3.05) is 5.73 Å². The Morgan fingerprint density at radius 1 is 1.19 bits per heavy atom.